The van der Waals surface area contributed by atoms with Crippen molar-refractivity contribution in [3.63, 3.8) is 0 Å². The number of amides is 1. The highest BCUT2D eigenvalue weighted by Gasteiger charge is 2.24. The highest BCUT2D eigenvalue weighted by Crippen LogP contribution is 2.20. The third-order valence-electron chi connectivity index (χ3n) is 2.59. The zero-order chi connectivity index (χ0) is 9.10. The average molecular weight is 201 g/mol. The first-order valence-electron chi connectivity index (χ1n) is 4.79. The summed E-state index contributed by atoms with van der Waals surface area (Å²) in [5, 5.41) is 0. The molecule has 0 aliphatic carbocycles. The molecule has 2 saturated heterocycles. The minimum absolute atomic E-state index is 0.320. The molecule has 0 aromatic heterocycles. The van der Waals surface area contributed by atoms with Gasteiger partial charge >= 0.3 is 0 Å². The van der Waals surface area contributed by atoms with E-state index in [1.807, 2.05) is 16.7 Å². The number of ether oxygens (including phenoxy) is 1. The van der Waals surface area contributed by atoms with Crippen molar-refractivity contribution in [2.75, 3.05) is 31.4 Å². The number of hydrogen-bond donors (Lipinski definition) is 0. The molecule has 0 aromatic carbocycles. The molecule has 0 N–H and O–H groups in total. The third kappa shape index (κ3) is 2.38. The van der Waals surface area contributed by atoms with E-state index in [1.165, 1.54) is 0 Å². The highest BCUT2D eigenvalue weighted by atomic mass is 32.2. The van der Waals surface area contributed by atoms with Crippen LogP contribution < -0.4 is 0 Å². The van der Waals surface area contributed by atoms with Gasteiger partial charge in [0.15, 0.2) is 0 Å². The summed E-state index contributed by atoms with van der Waals surface area (Å²) in [5.41, 5.74) is 0. The van der Waals surface area contributed by atoms with Crippen LogP contribution in [0.25, 0.3) is 0 Å². The largest absolute Gasteiger partial charge is 0.381 e. The summed E-state index contributed by atoms with van der Waals surface area (Å²) in [4.78, 5) is 13.6. The van der Waals surface area contributed by atoms with Crippen molar-refractivity contribution in [2.24, 2.45) is 5.92 Å². The van der Waals surface area contributed by atoms with E-state index >= 15 is 0 Å². The number of thioether (sulfide) groups is 1. The van der Waals surface area contributed by atoms with Crippen molar-refractivity contribution >= 4 is 17.7 Å². The van der Waals surface area contributed by atoms with Crippen LogP contribution in [0, 0.1) is 5.92 Å². The molecule has 0 aromatic rings. The molecule has 2 aliphatic heterocycles. The van der Waals surface area contributed by atoms with Crippen molar-refractivity contribution in [1.82, 2.24) is 4.90 Å². The van der Waals surface area contributed by atoms with Gasteiger partial charge in [-0.1, -0.05) is 0 Å². The lowest BCUT2D eigenvalue weighted by atomic mass is 10.0. The van der Waals surface area contributed by atoms with Gasteiger partial charge < -0.3 is 9.64 Å². The zero-order valence-electron chi connectivity index (χ0n) is 7.70. The second-order valence-electron chi connectivity index (χ2n) is 3.63. The molecule has 1 unspecified atom stereocenters. The highest BCUT2D eigenvalue weighted by molar-refractivity contribution is 7.99. The first kappa shape index (κ1) is 9.34. The quantitative estimate of drug-likeness (QED) is 0.666. The van der Waals surface area contributed by atoms with Crippen molar-refractivity contribution in [2.45, 2.75) is 12.8 Å². The Bertz CT molecular complexity index is 186. The van der Waals surface area contributed by atoms with Gasteiger partial charge in [-0.15, -0.1) is 11.8 Å². The molecule has 2 heterocycles. The number of rotatable bonds is 2. The summed E-state index contributed by atoms with van der Waals surface area (Å²) in [6, 6.07) is 0. The molecule has 2 fully saturated rings. The summed E-state index contributed by atoms with van der Waals surface area (Å²) in [6.45, 7) is 2.57. The van der Waals surface area contributed by atoms with Gasteiger partial charge in [0.2, 0.25) is 5.91 Å². The molecular weight excluding hydrogens is 186 g/mol. The monoisotopic (exact) mass is 201 g/mol. The fourth-order valence-electron chi connectivity index (χ4n) is 1.73. The fraction of sp³-hybridized carbons (Fsp3) is 0.889. The predicted octanol–water partition coefficient (Wildman–Crippen LogP) is 0.946. The first-order valence-corrected chi connectivity index (χ1v) is 5.95. The molecule has 4 heteroatoms. The topological polar surface area (TPSA) is 29.5 Å². The van der Waals surface area contributed by atoms with Crippen LogP contribution >= 0.6 is 11.8 Å². The molecule has 74 valence electrons. The Morgan fingerprint density at radius 3 is 3.15 bits per heavy atom. The van der Waals surface area contributed by atoms with Crippen LogP contribution in [0.2, 0.25) is 0 Å². The van der Waals surface area contributed by atoms with E-state index in [0.29, 0.717) is 18.2 Å². The summed E-state index contributed by atoms with van der Waals surface area (Å²) < 4.78 is 5.24. The van der Waals surface area contributed by atoms with E-state index in [-0.39, 0.29) is 0 Å². The summed E-state index contributed by atoms with van der Waals surface area (Å²) in [7, 11) is 0. The van der Waals surface area contributed by atoms with E-state index in [4.69, 9.17) is 4.74 Å². The fourth-order valence-corrected chi connectivity index (χ4v) is 2.70. The van der Waals surface area contributed by atoms with Crippen molar-refractivity contribution in [3.05, 3.63) is 0 Å². The van der Waals surface area contributed by atoms with Gasteiger partial charge in [-0.25, -0.2) is 0 Å². The molecule has 0 radical (unpaired) electrons. The Balaban J connectivity index is 1.76. The second-order valence-corrected chi connectivity index (χ2v) is 4.70. The zero-order valence-corrected chi connectivity index (χ0v) is 8.52. The van der Waals surface area contributed by atoms with Crippen molar-refractivity contribution in [3.8, 4) is 0 Å². The number of hydrogen-bond acceptors (Lipinski definition) is 3. The Kier molecular flexibility index (Phi) is 3.11. The lowest BCUT2D eigenvalue weighted by Crippen LogP contribution is -2.29. The molecule has 1 amide bonds. The minimum atomic E-state index is 0.320. The average Bonchev–Trinajstić information content (AvgIpc) is 2.74. The lowest BCUT2D eigenvalue weighted by molar-refractivity contribution is -0.130. The smallest absolute Gasteiger partial charge is 0.223 e. The van der Waals surface area contributed by atoms with Crippen LogP contribution in [-0.4, -0.2) is 42.2 Å². The Hall–Kier alpha value is -0.220. The van der Waals surface area contributed by atoms with Crippen LogP contribution in [0.4, 0.5) is 0 Å². The van der Waals surface area contributed by atoms with Gasteiger partial charge in [0.25, 0.3) is 0 Å². The van der Waals surface area contributed by atoms with Crippen LogP contribution in [-0.2, 0) is 9.53 Å². The molecule has 0 spiro atoms. The molecule has 1 atom stereocenters. The van der Waals surface area contributed by atoms with Crippen LogP contribution in [0.5, 0.6) is 0 Å². The Labute approximate surface area is 82.8 Å². The summed E-state index contributed by atoms with van der Waals surface area (Å²) in [5.74, 6) is 2.80. The van der Waals surface area contributed by atoms with E-state index in [2.05, 4.69) is 0 Å². The van der Waals surface area contributed by atoms with Crippen LogP contribution in [0.3, 0.4) is 0 Å². The third-order valence-corrected chi connectivity index (χ3v) is 3.56. The molecule has 0 bridgehead atoms. The van der Waals surface area contributed by atoms with E-state index in [0.717, 1.165) is 37.8 Å². The summed E-state index contributed by atoms with van der Waals surface area (Å²) >= 11 is 1.84. The molecule has 0 saturated carbocycles. The minimum Gasteiger partial charge on any atom is -0.381 e. The lowest BCUT2D eigenvalue weighted by Gasteiger charge is -2.16. The first-order chi connectivity index (χ1) is 6.36. The van der Waals surface area contributed by atoms with Gasteiger partial charge in [0, 0.05) is 31.9 Å². The molecular formula is C9H15NO2S. The van der Waals surface area contributed by atoms with Gasteiger partial charge in [-0.3, -0.25) is 4.79 Å². The van der Waals surface area contributed by atoms with Gasteiger partial charge in [-0.2, -0.15) is 0 Å². The second kappa shape index (κ2) is 4.33. The maximum atomic E-state index is 11.7. The maximum absolute atomic E-state index is 11.7. The molecule has 13 heavy (non-hydrogen) atoms. The Morgan fingerprint density at radius 1 is 1.62 bits per heavy atom. The number of carbonyl (C=O) groups excluding carboxylic acids is 1. The van der Waals surface area contributed by atoms with Crippen LogP contribution in [0.1, 0.15) is 12.8 Å². The van der Waals surface area contributed by atoms with E-state index in [9.17, 15) is 4.79 Å². The number of carbonyl (C=O) groups is 1. The molecule has 2 aliphatic rings. The van der Waals surface area contributed by atoms with E-state index < -0.39 is 0 Å². The van der Waals surface area contributed by atoms with Gasteiger partial charge in [-0.05, 0) is 12.3 Å². The van der Waals surface area contributed by atoms with Crippen molar-refractivity contribution < 1.29 is 9.53 Å². The van der Waals surface area contributed by atoms with Crippen molar-refractivity contribution in [1.29, 1.82) is 0 Å². The van der Waals surface area contributed by atoms with Gasteiger partial charge in [0.1, 0.15) is 0 Å². The normalized spacial score (nSPS) is 28.3. The number of nitrogens with zero attached hydrogens (tertiary/aromatic N) is 1. The van der Waals surface area contributed by atoms with Crippen LogP contribution in [0.15, 0.2) is 0 Å². The SMILES string of the molecule is O=C(CC1CCOC1)N1CCSC1. The Morgan fingerprint density at radius 2 is 2.54 bits per heavy atom. The summed E-state index contributed by atoms with van der Waals surface area (Å²) in [6.07, 6.45) is 1.76. The molecule has 3 nitrogen and oxygen atoms in total. The predicted molar refractivity (Wildman–Crippen MR) is 52.6 cm³/mol. The standard InChI is InChI=1S/C9H15NO2S/c11-9(10-2-4-13-7-10)5-8-1-3-12-6-8/h8H,1-7H2. The van der Waals surface area contributed by atoms with E-state index in [1.54, 1.807) is 0 Å². The molecule has 2 rings (SSSR count). The maximum Gasteiger partial charge on any atom is 0.223 e. The van der Waals surface area contributed by atoms with Gasteiger partial charge in [0.05, 0.1) is 5.88 Å².